The van der Waals surface area contributed by atoms with E-state index in [1.165, 1.54) is 42.4 Å². The molecule has 1 fully saturated rings. The molecular weight excluding hydrogens is 222 g/mol. The monoisotopic (exact) mass is 244 g/mol. The van der Waals surface area contributed by atoms with Crippen molar-refractivity contribution in [3.8, 4) is 0 Å². The molecule has 0 unspecified atom stereocenters. The number of hydrogen-bond donors (Lipinski definition) is 2. The van der Waals surface area contributed by atoms with E-state index in [2.05, 4.69) is 31.3 Å². The summed E-state index contributed by atoms with van der Waals surface area (Å²) in [4.78, 5) is 3.36. The van der Waals surface area contributed by atoms with E-state index in [-0.39, 0.29) is 0 Å². The van der Waals surface area contributed by atoms with Crippen LogP contribution >= 0.6 is 0 Å². The van der Waals surface area contributed by atoms with Crippen LogP contribution in [0.4, 0.5) is 5.69 Å². The first-order chi connectivity index (χ1) is 8.55. The quantitative estimate of drug-likeness (QED) is 0.588. The van der Waals surface area contributed by atoms with Crippen LogP contribution in [0.3, 0.4) is 0 Å². The normalized spacial score (nSPS) is 20.3. The van der Waals surface area contributed by atoms with Crippen LogP contribution in [0.5, 0.6) is 0 Å². The number of fused-ring (bicyclic) bond motifs is 1. The second-order valence-electron chi connectivity index (χ2n) is 6.21. The number of nitrogen functional groups attached to an aromatic ring is 1. The van der Waals surface area contributed by atoms with E-state index >= 15 is 0 Å². The number of aromatic nitrogens is 1. The molecule has 18 heavy (non-hydrogen) atoms. The highest BCUT2D eigenvalue weighted by atomic mass is 15.3. The number of benzene rings is 1. The molecule has 1 aromatic carbocycles. The van der Waals surface area contributed by atoms with Gasteiger partial charge in [-0.1, -0.05) is 6.07 Å². The van der Waals surface area contributed by atoms with Crippen LogP contribution < -0.4 is 5.73 Å². The van der Waals surface area contributed by atoms with Crippen molar-refractivity contribution in [1.82, 2.24) is 4.98 Å². The number of nitrogens with zero attached hydrogens (tertiary/aromatic N) is 1. The first-order valence-electron chi connectivity index (χ1n) is 6.74. The SMILES string of the molecule is C[N+]1(C)CCC(c2c[nH]c3cc(N)ccc23)CC1. The molecule has 3 nitrogen and oxygen atoms in total. The minimum Gasteiger partial charge on any atom is -0.399 e. The van der Waals surface area contributed by atoms with Gasteiger partial charge < -0.3 is 15.2 Å². The maximum absolute atomic E-state index is 5.82. The minimum atomic E-state index is 0.702. The van der Waals surface area contributed by atoms with E-state index in [0.717, 1.165) is 10.2 Å². The fourth-order valence-electron chi connectivity index (χ4n) is 3.08. The Morgan fingerprint density at radius 2 is 1.94 bits per heavy atom. The van der Waals surface area contributed by atoms with E-state index in [4.69, 9.17) is 5.73 Å². The van der Waals surface area contributed by atoms with Crippen LogP contribution in [0.1, 0.15) is 24.3 Å². The van der Waals surface area contributed by atoms with E-state index in [0.29, 0.717) is 5.92 Å². The van der Waals surface area contributed by atoms with Crippen LogP contribution in [0.2, 0.25) is 0 Å². The lowest BCUT2D eigenvalue weighted by molar-refractivity contribution is -0.895. The molecule has 0 atom stereocenters. The van der Waals surface area contributed by atoms with E-state index < -0.39 is 0 Å². The van der Waals surface area contributed by atoms with Crippen molar-refractivity contribution >= 4 is 16.6 Å². The van der Waals surface area contributed by atoms with Crippen LogP contribution in [-0.4, -0.2) is 36.7 Å². The van der Waals surface area contributed by atoms with Gasteiger partial charge in [0.25, 0.3) is 0 Å². The molecule has 0 spiro atoms. The Morgan fingerprint density at radius 3 is 2.67 bits per heavy atom. The lowest BCUT2D eigenvalue weighted by atomic mass is 9.88. The van der Waals surface area contributed by atoms with Gasteiger partial charge in [-0.15, -0.1) is 0 Å². The number of anilines is 1. The predicted molar refractivity (Wildman–Crippen MR) is 76.5 cm³/mol. The maximum atomic E-state index is 5.82. The van der Waals surface area contributed by atoms with Crippen molar-refractivity contribution in [3.63, 3.8) is 0 Å². The van der Waals surface area contributed by atoms with Gasteiger partial charge in [0.15, 0.2) is 0 Å². The van der Waals surface area contributed by atoms with Gasteiger partial charge in [0.05, 0.1) is 27.2 Å². The van der Waals surface area contributed by atoms with Crippen molar-refractivity contribution in [2.24, 2.45) is 0 Å². The van der Waals surface area contributed by atoms with Crippen molar-refractivity contribution in [2.75, 3.05) is 32.9 Å². The highest BCUT2D eigenvalue weighted by Crippen LogP contribution is 2.34. The molecule has 1 aromatic heterocycles. The van der Waals surface area contributed by atoms with Crippen molar-refractivity contribution in [3.05, 3.63) is 30.0 Å². The number of likely N-dealkylation sites (tertiary alicyclic amines) is 1. The summed E-state index contributed by atoms with van der Waals surface area (Å²) >= 11 is 0. The Morgan fingerprint density at radius 1 is 1.22 bits per heavy atom. The second kappa shape index (κ2) is 4.02. The summed E-state index contributed by atoms with van der Waals surface area (Å²) in [5.74, 6) is 0.702. The third-order valence-corrected chi connectivity index (χ3v) is 4.34. The number of aromatic amines is 1. The molecule has 96 valence electrons. The first-order valence-corrected chi connectivity index (χ1v) is 6.74. The molecule has 3 rings (SSSR count). The van der Waals surface area contributed by atoms with Gasteiger partial charge in [-0.2, -0.15) is 0 Å². The highest BCUT2D eigenvalue weighted by molar-refractivity contribution is 5.86. The van der Waals surface area contributed by atoms with Gasteiger partial charge in [-0.25, -0.2) is 0 Å². The molecule has 1 saturated heterocycles. The van der Waals surface area contributed by atoms with Gasteiger partial charge in [-0.05, 0) is 23.6 Å². The molecule has 3 N–H and O–H groups in total. The summed E-state index contributed by atoms with van der Waals surface area (Å²) in [5, 5.41) is 1.35. The number of nitrogens with two attached hydrogens (primary N) is 1. The molecule has 2 heterocycles. The standard InChI is InChI=1S/C15H22N3/c1-18(2)7-5-11(6-8-18)14-10-17-15-9-12(16)3-4-13(14)15/h3-4,9-11,17H,5-8,16H2,1-2H3/q+1. The van der Waals surface area contributed by atoms with E-state index in [1.54, 1.807) is 0 Å². The molecule has 0 aliphatic carbocycles. The lowest BCUT2D eigenvalue weighted by Crippen LogP contribution is -2.45. The van der Waals surface area contributed by atoms with E-state index in [9.17, 15) is 0 Å². The summed E-state index contributed by atoms with van der Waals surface area (Å²) in [7, 11) is 4.65. The molecule has 0 saturated carbocycles. The smallest absolute Gasteiger partial charge is 0.0788 e. The number of H-pyrrole nitrogens is 1. The third kappa shape index (κ3) is 1.99. The molecule has 3 heteroatoms. The average Bonchev–Trinajstić information content (AvgIpc) is 2.72. The zero-order valence-electron chi connectivity index (χ0n) is 11.2. The lowest BCUT2D eigenvalue weighted by Gasteiger charge is -2.37. The summed E-state index contributed by atoms with van der Waals surface area (Å²) in [6, 6.07) is 6.19. The number of nitrogens with one attached hydrogen (secondary N) is 1. The highest BCUT2D eigenvalue weighted by Gasteiger charge is 2.28. The van der Waals surface area contributed by atoms with Gasteiger partial charge in [0.2, 0.25) is 0 Å². The van der Waals surface area contributed by atoms with Gasteiger partial charge in [0, 0.05) is 35.6 Å². The third-order valence-electron chi connectivity index (χ3n) is 4.34. The average molecular weight is 244 g/mol. The van der Waals surface area contributed by atoms with Crippen molar-refractivity contribution < 1.29 is 4.48 Å². The summed E-state index contributed by atoms with van der Waals surface area (Å²) in [5.41, 5.74) is 9.30. The maximum Gasteiger partial charge on any atom is 0.0788 e. The fraction of sp³-hybridized carbons (Fsp3) is 0.467. The van der Waals surface area contributed by atoms with Gasteiger partial charge in [-0.3, -0.25) is 0 Å². The first kappa shape index (κ1) is 11.6. The molecule has 1 aliphatic rings. The van der Waals surface area contributed by atoms with Crippen molar-refractivity contribution in [1.29, 1.82) is 0 Å². The molecule has 0 amide bonds. The number of rotatable bonds is 1. The van der Waals surface area contributed by atoms with Crippen LogP contribution in [0.25, 0.3) is 10.9 Å². The van der Waals surface area contributed by atoms with Crippen LogP contribution in [-0.2, 0) is 0 Å². The van der Waals surface area contributed by atoms with E-state index in [1.807, 2.05) is 12.1 Å². The van der Waals surface area contributed by atoms with Crippen LogP contribution in [0.15, 0.2) is 24.4 Å². The number of hydrogen-bond acceptors (Lipinski definition) is 1. The van der Waals surface area contributed by atoms with Crippen LogP contribution in [0, 0.1) is 0 Å². The minimum absolute atomic E-state index is 0.702. The number of piperidine rings is 1. The fourth-order valence-corrected chi connectivity index (χ4v) is 3.08. The molecule has 1 aliphatic heterocycles. The molecular formula is C15H22N3+. The molecule has 2 aromatic rings. The van der Waals surface area contributed by atoms with Crippen molar-refractivity contribution in [2.45, 2.75) is 18.8 Å². The number of quaternary nitrogens is 1. The molecule has 0 bridgehead atoms. The zero-order chi connectivity index (χ0) is 12.8. The Hall–Kier alpha value is -1.48. The topological polar surface area (TPSA) is 41.8 Å². The summed E-state index contributed by atoms with van der Waals surface area (Å²) < 4.78 is 1.16. The Kier molecular flexibility index (Phi) is 2.59. The largest absolute Gasteiger partial charge is 0.399 e. The van der Waals surface area contributed by atoms with Gasteiger partial charge in [0.1, 0.15) is 0 Å². The zero-order valence-corrected chi connectivity index (χ0v) is 11.2. The second-order valence-corrected chi connectivity index (χ2v) is 6.21. The Labute approximate surface area is 108 Å². The predicted octanol–water partition coefficient (Wildman–Crippen LogP) is 2.70. The Balaban J connectivity index is 1.91. The summed E-state index contributed by atoms with van der Waals surface area (Å²) in [6.07, 6.45) is 4.74. The van der Waals surface area contributed by atoms with Gasteiger partial charge >= 0.3 is 0 Å². The Bertz CT molecular complexity index is 558. The molecule has 0 radical (unpaired) electrons. The summed E-state index contributed by atoms with van der Waals surface area (Å²) in [6.45, 7) is 2.54.